The van der Waals surface area contributed by atoms with Gasteiger partial charge in [-0.25, -0.2) is 0 Å². The van der Waals surface area contributed by atoms with E-state index in [0.29, 0.717) is 24.5 Å². The van der Waals surface area contributed by atoms with E-state index >= 15 is 0 Å². The minimum atomic E-state index is -0.0490. The summed E-state index contributed by atoms with van der Waals surface area (Å²) in [6.07, 6.45) is 1.05. The van der Waals surface area contributed by atoms with E-state index in [1.807, 2.05) is 61.5 Å². The van der Waals surface area contributed by atoms with Gasteiger partial charge < -0.3 is 15.0 Å². The number of anilines is 2. The van der Waals surface area contributed by atoms with Crippen molar-refractivity contribution in [2.45, 2.75) is 12.8 Å². The molecule has 5 heteroatoms. The van der Waals surface area contributed by atoms with Gasteiger partial charge in [-0.15, -0.1) is 0 Å². The third-order valence-corrected chi connectivity index (χ3v) is 3.57. The van der Waals surface area contributed by atoms with Crippen LogP contribution in [-0.2, 0) is 4.79 Å². The fraction of sp³-hybridized carbons (Fsp3) is 0.278. The van der Waals surface area contributed by atoms with Crippen molar-refractivity contribution >= 4 is 28.9 Å². The van der Waals surface area contributed by atoms with Crippen molar-refractivity contribution in [1.29, 1.82) is 0 Å². The maximum atomic E-state index is 12.1. The van der Waals surface area contributed by atoms with E-state index in [1.54, 1.807) is 6.07 Å². The molecule has 0 radical (unpaired) electrons. The number of nitrogens with one attached hydrogen (secondary N) is 1. The zero-order chi connectivity index (χ0) is 16.7. The zero-order valence-electron chi connectivity index (χ0n) is 13.4. The van der Waals surface area contributed by atoms with Crippen LogP contribution in [0.5, 0.6) is 5.75 Å². The number of amides is 1. The molecule has 0 aliphatic rings. The SMILES string of the molecule is CN(C)c1c(Cl)cccc1NC(=O)CCCOc1ccccc1. The van der Waals surface area contributed by atoms with Crippen molar-refractivity contribution in [2.24, 2.45) is 0 Å². The number of carbonyl (C=O) groups is 1. The van der Waals surface area contributed by atoms with Gasteiger partial charge in [-0.3, -0.25) is 4.79 Å². The Morgan fingerprint density at radius 2 is 1.87 bits per heavy atom. The molecule has 23 heavy (non-hydrogen) atoms. The van der Waals surface area contributed by atoms with Crippen molar-refractivity contribution in [2.75, 3.05) is 30.9 Å². The average molecular weight is 333 g/mol. The fourth-order valence-electron chi connectivity index (χ4n) is 2.22. The highest BCUT2D eigenvalue weighted by atomic mass is 35.5. The molecule has 0 saturated heterocycles. The van der Waals surface area contributed by atoms with Gasteiger partial charge in [0.15, 0.2) is 0 Å². The van der Waals surface area contributed by atoms with Crippen LogP contribution in [0.3, 0.4) is 0 Å². The standard InChI is InChI=1S/C18H21ClN2O2/c1-21(2)18-15(19)10-6-11-16(18)20-17(22)12-7-13-23-14-8-4-3-5-9-14/h3-6,8-11H,7,12-13H2,1-2H3,(H,20,22). The van der Waals surface area contributed by atoms with E-state index in [1.165, 1.54) is 0 Å². The quantitative estimate of drug-likeness (QED) is 0.772. The largest absolute Gasteiger partial charge is 0.494 e. The lowest BCUT2D eigenvalue weighted by atomic mass is 10.2. The molecule has 0 saturated carbocycles. The van der Waals surface area contributed by atoms with Gasteiger partial charge in [0.05, 0.1) is 23.0 Å². The molecule has 122 valence electrons. The predicted octanol–water partition coefficient (Wildman–Crippen LogP) is 4.20. The van der Waals surface area contributed by atoms with Crippen molar-refractivity contribution in [3.05, 3.63) is 53.6 Å². The number of hydrogen-bond donors (Lipinski definition) is 1. The maximum absolute atomic E-state index is 12.1. The third kappa shape index (κ3) is 5.18. The molecule has 0 spiro atoms. The summed E-state index contributed by atoms with van der Waals surface area (Å²) in [4.78, 5) is 14.0. The Morgan fingerprint density at radius 3 is 2.57 bits per heavy atom. The lowest BCUT2D eigenvalue weighted by Crippen LogP contribution is -2.17. The van der Waals surface area contributed by atoms with E-state index in [4.69, 9.17) is 16.3 Å². The molecule has 2 aromatic rings. The molecule has 0 bridgehead atoms. The van der Waals surface area contributed by atoms with Gasteiger partial charge in [0, 0.05) is 20.5 Å². The molecule has 0 unspecified atom stereocenters. The number of halogens is 1. The molecule has 0 aliphatic heterocycles. The van der Waals surface area contributed by atoms with Crippen LogP contribution in [0.15, 0.2) is 48.5 Å². The minimum absolute atomic E-state index is 0.0490. The number of rotatable bonds is 7. The van der Waals surface area contributed by atoms with E-state index in [2.05, 4.69) is 5.32 Å². The number of carbonyl (C=O) groups excluding carboxylic acids is 1. The smallest absolute Gasteiger partial charge is 0.224 e. The highest BCUT2D eigenvalue weighted by Crippen LogP contribution is 2.32. The molecule has 0 heterocycles. The number of para-hydroxylation sites is 2. The van der Waals surface area contributed by atoms with Crippen LogP contribution >= 0.6 is 11.6 Å². The summed E-state index contributed by atoms with van der Waals surface area (Å²) in [6.45, 7) is 0.507. The number of benzene rings is 2. The first-order valence-corrected chi connectivity index (χ1v) is 7.89. The molecule has 0 fully saturated rings. The first-order chi connectivity index (χ1) is 11.1. The van der Waals surface area contributed by atoms with Crippen LogP contribution in [0.4, 0.5) is 11.4 Å². The Kier molecular flexibility index (Phi) is 6.29. The summed E-state index contributed by atoms with van der Waals surface area (Å²) in [5.74, 6) is 0.768. The number of ether oxygens (including phenoxy) is 1. The molecule has 0 atom stereocenters. The second kappa shape index (κ2) is 8.44. The molecular weight excluding hydrogens is 312 g/mol. The molecule has 0 aliphatic carbocycles. The molecule has 1 amide bonds. The van der Waals surface area contributed by atoms with Gasteiger partial charge in [-0.1, -0.05) is 35.9 Å². The molecule has 1 N–H and O–H groups in total. The van der Waals surface area contributed by atoms with Crippen LogP contribution in [0.25, 0.3) is 0 Å². The van der Waals surface area contributed by atoms with Gasteiger partial charge in [0.1, 0.15) is 5.75 Å². The summed E-state index contributed by atoms with van der Waals surface area (Å²) in [5.41, 5.74) is 1.53. The zero-order valence-corrected chi connectivity index (χ0v) is 14.1. The van der Waals surface area contributed by atoms with E-state index in [-0.39, 0.29) is 5.91 Å². The Balaban J connectivity index is 1.82. The summed E-state index contributed by atoms with van der Waals surface area (Å²) in [7, 11) is 3.79. The fourth-order valence-corrected chi connectivity index (χ4v) is 2.57. The predicted molar refractivity (Wildman–Crippen MR) is 95.6 cm³/mol. The number of nitrogens with zero attached hydrogens (tertiary/aromatic N) is 1. The maximum Gasteiger partial charge on any atom is 0.224 e. The van der Waals surface area contributed by atoms with Crippen LogP contribution in [-0.4, -0.2) is 26.6 Å². The topological polar surface area (TPSA) is 41.6 Å². The van der Waals surface area contributed by atoms with Crippen molar-refractivity contribution in [1.82, 2.24) is 0 Å². The Hall–Kier alpha value is -2.20. The second-order valence-corrected chi connectivity index (χ2v) is 5.75. The number of hydrogen-bond acceptors (Lipinski definition) is 3. The van der Waals surface area contributed by atoms with Crippen molar-refractivity contribution < 1.29 is 9.53 Å². The van der Waals surface area contributed by atoms with Crippen molar-refractivity contribution in [3.63, 3.8) is 0 Å². The van der Waals surface area contributed by atoms with Gasteiger partial charge in [0.2, 0.25) is 5.91 Å². The molecular formula is C18H21ClN2O2. The summed E-state index contributed by atoms with van der Waals surface area (Å²) in [6, 6.07) is 15.1. The van der Waals surface area contributed by atoms with Gasteiger partial charge >= 0.3 is 0 Å². The molecule has 0 aromatic heterocycles. The molecule has 2 rings (SSSR count). The van der Waals surface area contributed by atoms with Crippen LogP contribution < -0.4 is 15.0 Å². The highest BCUT2D eigenvalue weighted by Gasteiger charge is 2.11. The van der Waals surface area contributed by atoms with Gasteiger partial charge in [0.25, 0.3) is 0 Å². The lowest BCUT2D eigenvalue weighted by Gasteiger charge is -2.19. The van der Waals surface area contributed by atoms with Crippen LogP contribution in [0, 0.1) is 0 Å². The van der Waals surface area contributed by atoms with E-state index < -0.39 is 0 Å². The Morgan fingerprint density at radius 1 is 1.13 bits per heavy atom. The summed E-state index contributed by atoms with van der Waals surface area (Å²) < 4.78 is 5.58. The molecule has 4 nitrogen and oxygen atoms in total. The van der Waals surface area contributed by atoms with Crippen LogP contribution in [0.2, 0.25) is 5.02 Å². The Labute approximate surface area is 142 Å². The highest BCUT2D eigenvalue weighted by molar-refractivity contribution is 6.34. The van der Waals surface area contributed by atoms with Crippen LogP contribution in [0.1, 0.15) is 12.8 Å². The van der Waals surface area contributed by atoms with Crippen molar-refractivity contribution in [3.8, 4) is 5.75 Å². The van der Waals surface area contributed by atoms with Gasteiger partial charge in [-0.05, 0) is 30.7 Å². The first-order valence-electron chi connectivity index (χ1n) is 7.51. The van der Waals surface area contributed by atoms with E-state index in [9.17, 15) is 4.79 Å². The summed E-state index contributed by atoms with van der Waals surface area (Å²) >= 11 is 6.19. The third-order valence-electron chi connectivity index (χ3n) is 3.27. The second-order valence-electron chi connectivity index (χ2n) is 5.34. The lowest BCUT2D eigenvalue weighted by molar-refractivity contribution is -0.116. The normalized spacial score (nSPS) is 10.2. The molecule has 2 aromatic carbocycles. The van der Waals surface area contributed by atoms with Gasteiger partial charge in [-0.2, -0.15) is 0 Å². The summed E-state index contributed by atoms with van der Waals surface area (Å²) in [5, 5.41) is 3.52. The Bertz CT molecular complexity index is 645. The average Bonchev–Trinajstić information content (AvgIpc) is 2.52. The minimum Gasteiger partial charge on any atom is -0.494 e. The van der Waals surface area contributed by atoms with E-state index in [0.717, 1.165) is 17.1 Å². The first kappa shape index (κ1) is 17.2. The monoisotopic (exact) mass is 332 g/mol.